The van der Waals surface area contributed by atoms with E-state index in [1.807, 2.05) is 0 Å². The van der Waals surface area contributed by atoms with E-state index in [4.69, 9.17) is 4.74 Å². The minimum Gasteiger partial charge on any atom is -0.452 e. The number of esters is 1. The highest BCUT2D eigenvalue weighted by Gasteiger charge is 2.61. The van der Waals surface area contributed by atoms with Gasteiger partial charge in [0.1, 0.15) is 0 Å². The van der Waals surface area contributed by atoms with Crippen molar-refractivity contribution in [2.45, 2.75) is 69.0 Å². The molecule has 0 heterocycles. The van der Waals surface area contributed by atoms with Crippen LogP contribution in [0.2, 0.25) is 0 Å². The first-order chi connectivity index (χ1) is 14.8. The smallest absolute Gasteiger partial charge is 0.312 e. The topological polar surface area (TPSA) is 113 Å². The lowest BCUT2D eigenvalue weighted by Crippen LogP contribution is -2.59. The number of carbonyl (C=O) groups is 2. The highest BCUT2D eigenvalue weighted by atomic mass is 32.2. The van der Waals surface area contributed by atoms with E-state index in [1.54, 1.807) is 13.0 Å². The molecule has 0 radical (unpaired) electrons. The standard InChI is InChI=1S/C23H32N2O6S/c1-14-5-6-18(32(29,30)25(3)4)8-19(14)24-20(26)15(2)31-21(27)22-9-16-7-17(10-22)12-23(28,11-16)13-22/h5-6,8,15-17,28H,7,9-13H2,1-4H3,(H,24,26). The molecule has 4 aliphatic rings. The highest BCUT2D eigenvalue weighted by molar-refractivity contribution is 7.89. The van der Waals surface area contributed by atoms with Crippen molar-refractivity contribution in [3.8, 4) is 0 Å². The first-order valence-electron chi connectivity index (χ1n) is 11.1. The van der Waals surface area contributed by atoms with Crippen molar-refractivity contribution < 1.29 is 27.9 Å². The lowest BCUT2D eigenvalue weighted by molar-refractivity contribution is -0.199. The van der Waals surface area contributed by atoms with Gasteiger partial charge in [-0.3, -0.25) is 9.59 Å². The number of aliphatic hydroxyl groups is 1. The summed E-state index contributed by atoms with van der Waals surface area (Å²) in [6.45, 7) is 3.27. The summed E-state index contributed by atoms with van der Waals surface area (Å²) >= 11 is 0. The van der Waals surface area contributed by atoms with Crippen LogP contribution < -0.4 is 5.32 Å². The van der Waals surface area contributed by atoms with Gasteiger partial charge in [0.15, 0.2) is 6.10 Å². The first kappa shape index (κ1) is 23.2. The number of ether oxygens (including phenoxy) is 1. The maximum absolute atomic E-state index is 13.1. The summed E-state index contributed by atoms with van der Waals surface area (Å²) in [5.41, 5.74) is -0.449. The molecule has 3 atom stereocenters. The number of anilines is 1. The molecule has 3 unspecified atom stereocenters. The first-order valence-corrected chi connectivity index (χ1v) is 12.6. The predicted octanol–water partition coefficient (Wildman–Crippen LogP) is 2.45. The molecule has 0 aromatic heterocycles. The van der Waals surface area contributed by atoms with Crippen LogP contribution in [-0.2, 0) is 24.3 Å². The summed E-state index contributed by atoms with van der Waals surface area (Å²) in [6, 6.07) is 4.52. The Kier molecular flexibility index (Phi) is 5.66. The lowest BCUT2D eigenvalue weighted by Gasteiger charge is -2.58. The van der Waals surface area contributed by atoms with Crippen LogP contribution in [0, 0.1) is 24.2 Å². The van der Waals surface area contributed by atoms with E-state index in [0.717, 1.165) is 23.6 Å². The maximum Gasteiger partial charge on any atom is 0.312 e. The molecule has 5 rings (SSSR count). The quantitative estimate of drug-likeness (QED) is 0.626. The Hall–Kier alpha value is -1.97. The molecular formula is C23H32N2O6S. The van der Waals surface area contributed by atoms with E-state index in [2.05, 4.69) is 5.32 Å². The van der Waals surface area contributed by atoms with Gasteiger partial charge in [-0.1, -0.05) is 6.07 Å². The van der Waals surface area contributed by atoms with Gasteiger partial charge in [-0.25, -0.2) is 12.7 Å². The minimum absolute atomic E-state index is 0.0647. The van der Waals surface area contributed by atoms with Crippen molar-refractivity contribution in [2.75, 3.05) is 19.4 Å². The molecule has 9 heteroatoms. The van der Waals surface area contributed by atoms with Gasteiger partial charge in [-0.2, -0.15) is 0 Å². The summed E-state index contributed by atoms with van der Waals surface area (Å²) < 4.78 is 31.5. The molecular weight excluding hydrogens is 432 g/mol. The largest absolute Gasteiger partial charge is 0.452 e. The molecule has 1 aromatic rings. The van der Waals surface area contributed by atoms with Gasteiger partial charge in [0.2, 0.25) is 10.0 Å². The summed E-state index contributed by atoms with van der Waals surface area (Å²) in [7, 11) is -0.769. The van der Waals surface area contributed by atoms with Gasteiger partial charge >= 0.3 is 5.97 Å². The second kappa shape index (κ2) is 7.81. The van der Waals surface area contributed by atoms with E-state index < -0.39 is 39.0 Å². The number of amides is 1. The number of nitrogens with one attached hydrogen (secondary N) is 1. The van der Waals surface area contributed by atoms with Crippen molar-refractivity contribution in [3.05, 3.63) is 23.8 Å². The van der Waals surface area contributed by atoms with Gasteiger partial charge in [0.25, 0.3) is 5.91 Å². The number of nitrogens with zero attached hydrogens (tertiary/aromatic N) is 1. The Morgan fingerprint density at radius 2 is 1.81 bits per heavy atom. The zero-order valence-corrected chi connectivity index (χ0v) is 19.9. The summed E-state index contributed by atoms with van der Waals surface area (Å²) in [5.74, 6) is -0.262. The van der Waals surface area contributed by atoms with Crippen LogP contribution in [0.3, 0.4) is 0 Å². The third-order valence-electron chi connectivity index (χ3n) is 7.36. The molecule has 32 heavy (non-hydrogen) atoms. The maximum atomic E-state index is 13.1. The zero-order chi connectivity index (χ0) is 23.5. The van der Waals surface area contributed by atoms with Gasteiger partial charge < -0.3 is 15.2 Å². The predicted molar refractivity (Wildman–Crippen MR) is 118 cm³/mol. The third-order valence-corrected chi connectivity index (χ3v) is 9.17. The van der Waals surface area contributed by atoms with Crippen molar-refractivity contribution in [3.63, 3.8) is 0 Å². The second-order valence-electron chi connectivity index (χ2n) is 10.3. The Morgan fingerprint density at radius 1 is 1.19 bits per heavy atom. The SMILES string of the molecule is Cc1ccc(S(=O)(=O)N(C)C)cc1NC(=O)C(C)OC(=O)C12CC3CC(CC(O)(C3)C1)C2. The molecule has 176 valence electrons. The number of rotatable bonds is 6. The number of aryl methyl sites for hydroxylation is 1. The van der Waals surface area contributed by atoms with Gasteiger partial charge in [0, 0.05) is 19.8 Å². The van der Waals surface area contributed by atoms with E-state index in [0.29, 0.717) is 42.3 Å². The monoisotopic (exact) mass is 464 g/mol. The molecule has 4 fully saturated rings. The van der Waals surface area contributed by atoms with Crippen LogP contribution in [0.1, 0.15) is 51.0 Å². The molecule has 4 aliphatic carbocycles. The number of sulfonamides is 1. The fraction of sp³-hybridized carbons (Fsp3) is 0.652. The molecule has 0 spiro atoms. The summed E-state index contributed by atoms with van der Waals surface area (Å²) in [6.07, 6.45) is 3.34. The minimum atomic E-state index is -3.65. The van der Waals surface area contributed by atoms with Crippen LogP contribution >= 0.6 is 0 Å². The Labute approximate surface area is 189 Å². The molecule has 8 nitrogen and oxygen atoms in total. The number of hydrogen-bond acceptors (Lipinski definition) is 6. The molecule has 0 saturated heterocycles. The zero-order valence-electron chi connectivity index (χ0n) is 19.1. The van der Waals surface area contributed by atoms with Crippen molar-refractivity contribution in [2.24, 2.45) is 17.3 Å². The van der Waals surface area contributed by atoms with E-state index in [-0.39, 0.29) is 4.90 Å². The molecule has 0 aliphatic heterocycles. The highest BCUT2D eigenvalue weighted by Crippen LogP contribution is 2.62. The Balaban J connectivity index is 1.46. The Morgan fingerprint density at radius 3 is 2.38 bits per heavy atom. The molecule has 1 amide bonds. The summed E-state index contributed by atoms with van der Waals surface area (Å²) in [5, 5.41) is 13.6. The third kappa shape index (κ3) is 4.06. The molecule has 2 N–H and O–H groups in total. The second-order valence-corrected chi connectivity index (χ2v) is 12.4. The molecule has 4 saturated carbocycles. The van der Waals surface area contributed by atoms with Gasteiger partial charge in [0.05, 0.1) is 15.9 Å². The lowest BCUT2D eigenvalue weighted by atomic mass is 9.48. The number of benzene rings is 1. The fourth-order valence-corrected chi connectivity index (χ4v) is 7.06. The number of carbonyl (C=O) groups excluding carboxylic acids is 2. The molecule has 4 bridgehead atoms. The Bertz CT molecular complexity index is 1040. The van der Waals surface area contributed by atoms with Gasteiger partial charge in [-0.15, -0.1) is 0 Å². The van der Waals surface area contributed by atoms with Gasteiger partial charge in [-0.05, 0) is 81.9 Å². The average Bonchev–Trinajstić information content (AvgIpc) is 2.67. The normalized spacial score (nSPS) is 32.1. The van der Waals surface area contributed by atoms with Crippen molar-refractivity contribution in [1.82, 2.24) is 4.31 Å². The van der Waals surface area contributed by atoms with E-state index >= 15 is 0 Å². The van der Waals surface area contributed by atoms with Crippen LogP contribution in [0.4, 0.5) is 5.69 Å². The van der Waals surface area contributed by atoms with Crippen LogP contribution in [0.15, 0.2) is 23.1 Å². The summed E-state index contributed by atoms with van der Waals surface area (Å²) in [4.78, 5) is 26.0. The van der Waals surface area contributed by atoms with E-state index in [1.165, 1.54) is 33.2 Å². The fourth-order valence-electron chi connectivity index (χ4n) is 6.13. The van der Waals surface area contributed by atoms with Crippen LogP contribution in [0.25, 0.3) is 0 Å². The number of hydrogen-bond donors (Lipinski definition) is 2. The van der Waals surface area contributed by atoms with Crippen molar-refractivity contribution in [1.29, 1.82) is 0 Å². The van der Waals surface area contributed by atoms with E-state index in [9.17, 15) is 23.1 Å². The molecule has 1 aromatic carbocycles. The van der Waals surface area contributed by atoms with Crippen LogP contribution in [0.5, 0.6) is 0 Å². The average molecular weight is 465 g/mol. The van der Waals surface area contributed by atoms with Crippen molar-refractivity contribution >= 4 is 27.6 Å². The van der Waals surface area contributed by atoms with Crippen LogP contribution in [-0.4, -0.2) is 55.5 Å².